The van der Waals surface area contributed by atoms with Crippen molar-refractivity contribution in [1.29, 1.82) is 0 Å². The number of aromatic nitrogens is 1. The number of para-hydroxylation sites is 1. The van der Waals surface area contributed by atoms with E-state index in [9.17, 15) is 0 Å². The molecule has 96 valence electrons. The lowest BCUT2D eigenvalue weighted by molar-refractivity contribution is 0.201. The average molecular weight is 269 g/mol. The van der Waals surface area contributed by atoms with Gasteiger partial charge in [-0.05, 0) is 24.1 Å². The second-order valence-electron chi connectivity index (χ2n) is 4.37. The molecule has 0 spiro atoms. The zero-order valence-electron chi connectivity index (χ0n) is 10.7. The minimum Gasteiger partial charge on any atom is -0.462 e. The molecule has 0 radical (unpaired) electrons. The first kappa shape index (κ1) is 12.2. The van der Waals surface area contributed by atoms with E-state index in [0.29, 0.717) is 0 Å². The van der Waals surface area contributed by atoms with Gasteiger partial charge in [0, 0.05) is 0 Å². The largest absolute Gasteiger partial charge is 0.462 e. The van der Waals surface area contributed by atoms with Crippen LogP contribution >= 0.6 is 11.3 Å². The summed E-state index contributed by atoms with van der Waals surface area (Å²) in [6.07, 6.45) is 1.00. The van der Waals surface area contributed by atoms with Gasteiger partial charge in [0.1, 0.15) is 6.10 Å². The molecule has 3 heteroatoms. The highest BCUT2D eigenvalue weighted by molar-refractivity contribution is 7.20. The predicted molar refractivity (Wildman–Crippen MR) is 79.7 cm³/mol. The molecule has 3 rings (SSSR count). The minimum atomic E-state index is 0.0711. The third kappa shape index (κ3) is 2.61. The fourth-order valence-corrected chi connectivity index (χ4v) is 2.94. The van der Waals surface area contributed by atoms with Crippen molar-refractivity contribution >= 4 is 21.6 Å². The molecule has 1 heterocycles. The van der Waals surface area contributed by atoms with Crippen LogP contribution in [0.4, 0.5) is 0 Å². The van der Waals surface area contributed by atoms with E-state index in [2.05, 4.69) is 30.1 Å². The van der Waals surface area contributed by atoms with E-state index in [1.807, 2.05) is 36.4 Å². The van der Waals surface area contributed by atoms with E-state index in [1.54, 1.807) is 11.3 Å². The topological polar surface area (TPSA) is 22.1 Å². The Hall–Kier alpha value is -1.87. The number of hydrogen-bond donors (Lipinski definition) is 0. The summed E-state index contributed by atoms with van der Waals surface area (Å²) >= 11 is 1.60. The normalized spacial score (nSPS) is 12.5. The van der Waals surface area contributed by atoms with Gasteiger partial charge in [0.2, 0.25) is 0 Å². The Balaban J connectivity index is 1.86. The molecule has 2 aromatic carbocycles. The summed E-state index contributed by atoms with van der Waals surface area (Å²) in [5, 5.41) is 0.747. The first-order valence-electron chi connectivity index (χ1n) is 6.44. The molecule has 0 aliphatic rings. The number of nitrogens with zero attached hydrogens (tertiary/aromatic N) is 1. The van der Waals surface area contributed by atoms with Crippen molar-refractivity contribution in [3.63, 3.8) is 0 Å². The van der Waals surface area contributed by atoms with E-state index < -0.39 is 0 Å². The van der Waals surface area contributed by atoms with Gasteiger partial charge in [-0.2, -0.15) is 0 Å². The van der Waals surface area contributed by atoms with Crippen LogP contribution in [0, 0.1) is 0 Å². The van der Waals surface area contributed by atoms with Crippen LogP contribution in [0.3, 0.4) is 0 Å². The molecule has 3 aromatic rings. The maximum Gasteiger partial charge on any atom is 0.274 e. The van der Waals surface area contributed by atoms with Crippen molar-refractivity contribution in [2.45, 2.75) is 19.4 Å². The van der Waals surface area contributed by atoms with Gasteiger partial charge < -0.3 is 4.74 Å². The highest BCUT2D eigenvalue weighted by Gasteiger charge is 2.13. The van der Waals surface area contributed by atoms with Crippen molar-refractivity contribution < 1.29 is 4.74 Å². The van der Waals surface area contributed by atoms with Crippen LogP contribution in [0.1, 0.15) is 25.0 Å². The number of ether oxygens (including phenoxy) is 1. The zero-order valence-corrected chi connectivity index (χ0v) is 11.6. The van der Waals surface area contributed by atoms with Crippen LogP contribution in [0.25, 0.3) is 10.2 Å². The smallest absolute Gasteiger partial charge is 0.274 e. The van der Waals surface area contributed by atoms with E-state index in [4.69, 9.17) is 4.74 Å². The number of benzene rings is 2. The molecule has 0 saturated heterocycles. The molecular weight excluding hydrogens is 254 g/mol. The van der Waals surface area contributed by atoms with Crippen LogP contribution < -0.4 is 4.74 Å². The standard InChI is InChI=1S/C16H15NOS/c1-2-14(12-8-4-3-5-9-12)18-16-17-13-10-6-7-11-15(13)19-16/h3-11,14H,2H2,1H3. The van der Waals surface area contributed by atoms with Gasteiger partial charge in [-0.25, -0.2) is 4.98 Å². The highest BCUT2D eigenvalue weighted by atomic mass is 32.1. The molecule has 19 heavy (non-hydrogen) atoms. The molecule has 0 fully saturated rings. The molecule has 1 unspecified atom stereocenters. The lowest BCUT2D eigenvalue weighted by atomic mass is 10.1. The zero-order chi connectivity index (χ0) is 13.1. The first-order chi connectivity index (χ1) is 9.36. The fraction of sp³-hybridized carbons (Fsp3) is 0.188. The summed E-state index contributed by atoms with van der Waals surface area (Å²) in [5.74, 6) is 0. The summed E-state index contributed by atoms with van der Waals surface area (Å²) in [4.78, 5) is 4.52. The Morgan fingerprint density at radius 2 is 1.79 bits per heavy atom. The highest BCUT2D eigenvalue weighted by Crippen LogP contribution is 2.31. The van der Waals surface area contributed by atoms with Crippen LogP contribution in [0.15, 0.2) is 54.6 Å². The molecule has 0 bridgehead atoms. The molecule has 0 saturated carbocycles. The molecule has 2 nitrogen and oxygen atoms in total. The number of fused-ring (bicyclic) bond motifs is 1. The quantitative estimate of drug-likeness (QED) is 0.677. The second kappa shape index (κ2) is 5.41. The minimum absolute atomic E-state index is 0.0711. The van der Waals surface area contributed by atoms with E-state index in [-0.39, 0.29) is 6.10 Å². The maximum atomic E-state index is 6.04. The summed E-state index contributed by atoms with van der Waals surface area (Å²) in [6, 6.07) is 18.4. The number of hydrogen-bond acceptors (Lipinski definition) is 3. The number of thiazole rings is 1. The van der Waals surface area contributed by atoms with Crippen molar-refractivity contribution in [2.75, 3.05) is 0 Å². The Morgan fingerprint density at radius 1 is 1.05 bits per heavy atom. The third-order valence-corrected chi connectivity index (χ3v) is 3.99. The SMILES string of the molecule is CCC(Oc1nc2ccccc2s1)c1ccccc1. The van der Waals surface area contributed by atoms with Gasteiger partial charge in [-0.1, -0.05) is 60.7 Å². The number of rotatable bonds is 4. The van der Waals surface area contributed by atoms with Gasteiger partial charge in [0.15, 0.2) is 0 Å². The molecule has 1 atom stereocenters. The summed E-state index contributed by atoms with van der Waals surface area (Å²) in [7, 11) is 0. The average Bonchev–Trinajstić information content (AvgIpc) is 2.88. The van der Waals surface area contributed by atoms with Gasteiger partial charge in [-0.3, -0.25) is 0 Å². The van der Waals surface area contributed by atoms with Crippen molar-refractivity contribution in [1.82, 2.24) is 4.98 Å². The Kier molecular flexibility index (Phi) is 3.47. The van der Waals surface area contributed by atoms with E-state index >= 15 is 0 Å². The van der Waals surface area contributed by atoms with Crippen LogP contribution in [-0.4, -0.2) is 4.98 Å². The lowest BCUT2D eigenvalue weighted by Crippen LogP contribution is -2.05. The summed E-state index contributed by atoms with van der Waals surface area (Å²) in [5.41, 5.74) is 2.20. The Labute approximate surface area is 116 Å². The first-order valence-corrected chi connectivity index (χ1v) is 7.25. The molecule has 0 amide bonds. The van der Waals surface area contributed by atoms with Crippen molar-refractivity contribution in [3.8, 4) is 5.19 Å². The Bertz CT molecular complexity index is 630. The molecule has 0 aliphatic carbocycles. The van der Waals surface area contributed by atoms with Crippen LogP contribution in [0.2, 0.25) is 0 Å². The maximum absolute atomic E-state index is 6.04. The van der Waals surface area contributed by atoms with Crippen LogP contribution in [0.5, 0.6) is 5.19 Å². The Morgan fingerprint density at radius 3 is 2.53 bits per heavy atom. The van der Waals surface area contributed by atoms with Crippen molar-refractivity contribution in [2.24, 2.45) is 0 Å². The monoisotopic (exact) mass is 269 g/mol. The molecule has 0 N–H and O–H groups in total. The summed E-state index contributed by atoms with van der Waals surface area (Å²) in [6.45, 7) is 2.13. The van der Waals surface area contributed by atoms with Gasteiger partial charge in [0.25, 0.3) is 5.19 Å². The van der Waals surface area contributed by atoms with Gasteiger partial charge in [0.05, 0.1) is 10.2 Å². The summed E-state index contributed by atoms with van der Waals surface area (Å²) < 4.78 is 7.21. The second-order valence-corrected chi connectivity index (χ2v) is 5.37. The van der Waals surface area contributed by atoms with E-state index in [0.717, 1.165) is 17.1 Å². The van der Waals surface area contributed by atoms with Gasteiger partial charge >= 0.3 is 0 Å². The van der Waals surface area contributed by atoms with Crippen LogP contribution in [-0.2, 0) is 0 Å². The van der Waals surface area contributed by atoms with Crippen molar-refractivity contribution in [3.05, 3.63) is 60.2 Å². The van der Waals surface area contributed by atoms with Gasteiger partial charge in [-0.15, -0.1) is 0 Å². The predicted octanol–water partition coefficient (Wildman–Crippen LogP) is 4.83. The third-order valence-electron chi connectivity index (χ3n) is 3.06. The van der Waals surface area contributed by atoms with E-state index in [1.165, 1.54) is 10.3 Å². The molecule has 0 aliphatic heterocycles. The lowest BCUT2D eigenvalue weighted by Gasteiger charge is -2.15. The fourth-order valence-electron chi connectivity index (χ4n) is 2.08. The molecule has 1 aromatic heterocycles. The molecular formula is C16H15NOS.